The average molecular weight is 574 g/mol. The number of carbonyl (C=O) groups excluding carboxylic acids is 3. The Hall–Kier alpha value is -4.13. The Labute approximate surface area is 249 Å². The molecule has 3 aromatic carbocycles. The molecule has 0 radical (unpaired) electrons. The summed E-state index contributed by atoms with van der Waals surface area (Å²) in [5.41, 5.74) is 1.77. The average Bonchev–Trinajstić information content (AvgIpc) is 2.91. The molecule has 0 heterocycles. The molecule has 42 heavy (non-hydrogen) atoms. The summed E-state index contributed by atoms with van der Waals surface area (Å²) in [4.78, 5) is 39.0. The first-order valence-corrected chi connectivity index (χ1v) is 14.4. The molecular weight excluding hydrogens is 530 g/mol. The van der Waals surface area contributed by atoms with Crippen molar-refractivity contribution in [1.82, 2.24) is 5.32 Å². The summed E-state index contributed by atoms with van der Waals surface area (Å²) in [6.07, 6.45) is -0.526. The minimum atomic E-state index is -1.02. The Bertz CT molecular complexity index is 1290. The molecule has 7 nitrogen and oxygen atoms in total. The summed E-state index contributed by atoms with van der Waals surface area (Å²) in [6, 6.07) is 27.1. The summed E-state index contributed by atoms with van der Waals surface area (Å²) in [5.74, 6) is -1.35. The molecule has 3 rings (SSSR count). The first kappa shape index (κ1) is 32.4. The highest BCUT2D eigenvalue weighted by Gasteiger charge is 2.33. The minimum absolute atomic E-state index is 0.0392. The highest BCUT2D eigenvalue weighted by atomic mass is 16.6. The van der Waals surface area contributed by atoms with Gasteiger partial charge in [0.05, 0.1) is 6.42 Å². The third-order valence-corrected chi connectivity index (χ3v) is 6.15. The second-order valence-electron chi connectivity index (χ2n) is 12.3. The van der Waals surface area contributed by atoms with Gasteiger partial charge in [-0.05, 0) is 76.8 Å². The van der Waals surface area contributed by atoms with Gasteiger partial charge in [-0.1, -0.05) is 72.8 Å². The summed E-state index contributed by atoms with van der Waals surface area (Å²) >= 11 is 0. The molecular formula is C35H43NO6. The fourth-order valence-corrected chi connectivity index (χ4v) is 4.34. The van der Waals surface area contributed by atoms with Crippen LogP contribution in [-0.2, 0) is 30.3 Å². The van der Waals surface area contributed by atoms with E-state index in [0.717, 1.165) is 16.7 Å². The van der Waals surface area contributed by atoms with E-state index < -0.39 is 35.2 Å². The number of carbonyl (C=O) groups is 3. The van der Waals surface area contributed by atoms with Crippen LogP contribution >= 0.6 is 0 Å². The molecule has 0 aliphatic carbocycles. The van der Waals surface area contributed by atoms with Gasteiger partial charge in [-0.3, -0.25) is 9.59 Å². The van der Waals surface area contributed by atoms with Crippen molar-refractivity contribution in [3.63, 3.8) is 0 Å². The van der Waals surface area contributed by atoms with E-state index >= 15 is 0 Å². The predicted octanol–water partition coefficient (Wildman–Crippen LogP) is 6.54. The number of benzene rings is 3. The smallest absolute Gasteiger partial charge is 0.347 e. The molecule has 0 unspecified atom stereocenters. The van der Waals surface area contributed by atoms with Crippen LogP contribution in [0.3, 0.4) is 0 Å². The van der Waals surface area contributed by atoms with E-state index in [1.54, 1.807) is 53.7 Å². The van der Waals surface area contributed by atoms with E-state index in [-0.39, 0.29) is 25.3 Å². The van der Waals surface area contributed by atoms with Crippen molar-refractivity contribution in [3.8, 4) is 16.9 Å². The number of nitrogens with one attached hydrogen (secondary N) is 1. The first-order chi connectivity index (χ1) is 19.8. The molecule has 0 saturated heterocycles. The van der Waals surface area contributed by atoms with Gasteiger partial charge in [-0.15, -0.1) is 0 Å². The molecule has 1 amide bonds. The third kappa shape index (κ3) is 11.4. The molecule has 2 atom stereocenters. The summed E-state index contributed by atoms with van der Waals surface area (Å²) < 4.78 is 17.1. The monoisotopic (exact) mass is 573 g/mol. The minimum Gasteiger partial charge on any atom is -0.479 e. The van der Waals surface area contributed by atoms with E-state index in [0.29, 0.717) is 12.2 Å². The second-order valence-corrected chi connectivity index (χ2v) is 12.3. The Kier molecular flexibility index (Phi) is 11.3. The van der Waals surface area contributed by atoms with Crippen molar-refractivity contribution in [3.05, 3.63) is 90.5 Å². The molecule has 3 aromatic rings. The molecule has 0 aliphatic heterocycles. The Morgan fingerprint density at radius 1 is 0.714 bits per heavy atom. The third-order valence-electron chi connectivity index (χ3n) is 6.15. The van der Waals surface area contributed by atoms with E-state index in [4.69, 9.17) is 14.2 Å². The Morgan fingerprint density at radius 2 is 1.26 bits per heavy atom. The van der Waals surface area contributed by atoms with Crippen LogP contribution < -0.4 is 10.1 Å². The highest BCUT2D eigenvalue weighted by molar-refractivity contribution is 5.82. The van der Waals surface area contributed by atoms with Crippen molar-refractivity contribution in [1.29, 1.82) is 0 Å². The topological polar surface area (TPSA) is 90.9 Å². The van der Waals surface area contributed by atoms with Crippen LogP contribution in [0.25, 0.3) is 11.1 Å². The zero-order valence-electron chi connectivity index (χ0n) is 25.5. The van der Waals surface area contributed by atoms with Crippen LogP contribution in [0.5, 0.6) is 5.75 Å². The van der Waals surface area contributed by atoms with Crippen molar-refractivity contribution < 1.29 is 28.6 Å². The van der Waals surface area contributed by atoms with Crippen LogP contribution in [-0.4, -0.2) is 41.7 Å². The van der Waals surface area contributed by atoms with Gasteiger partial charge in [-0.25, -0.2) is 4.79 Å². The number of hydrogen-bond acceptors (Lipinski definition) is 6. The van der Waals surface area contributed by atoms with Crippen molar-refractivity contribution >= 4 is 17.8 Å². The van der Waals surface area contributed by atoms with Gasteiger partial charge in [0.2, 0.25) is 5.91 Å². The van der Waals surface area contributed by atoms with Crippen LogP contribution in [0.15, 0.2) is 84.9 Å². The first-order valence-electron chi connectivity index (χ1n) is 14.4. The quantitative estimate of drug-likeness (QED) is 0.248. The van der Waals surface area contributed by atoms with Gasteiger partial charge in [0.15, 0.2) is 6.10 Å². The summed E-state index contributed by atoms with van der Waals surface area (Å²) in [5, 5.41) is 2.87. The molecule has 0 aromatic heterocycles. The number of amides is 1. The van der Waals surface area contributed by atoms with Gasteiger partial charge in [0.25, 0.3) is 0 Å². The Balaban J connectivity index is 1.81. The SMILES string of the molecule is CC(C)(C)OC(=O)CCNC(=O)[C@H](Cc1ccc(-c2ccccc2)cc1)C[C@@H](Oc1ccccc1)C(=O)OC(C)(C)C. The van der Waals surface area contributed by atoms with Crippen molar-refractivity contribution in [2.24, 2.45) is 5.92 Å². The normalized spacial score (nSPS) is 13.0. The van der Waals surface area contributed by atoms with Gasteiger partial charge >= 0.3 is 11.9 Å². The number of hydrogen-bond donors (Lipinski definition) is 1. The molecule has 0 spiro atoms. The summed E-state index contributed by atoms with van der Waals surface area (Å²) in [7, 11) is 0. The van der Waals surface area contributed by atoms with Gasteiger partial charge in [-0.2, -0.15) is 0 Å². The maximum atomic E-state index is 13.5. The maximum absolute atomic E-state index is 13.5. The molecule has 0 aliphatic rings. The van der Waals surface area contributed by atoms with Crippen LogP contribution in [0.2, 0.25) is 0 Å². The number of ether oxygens (including phenoxy) is 3. The van der Waals surface area contributed by atoms with E-state index in [2.05, 4.69) is 5.32 Å². The lowest BCUT2D eigenvalue weighted by Gasteiger charge is -2.27. The lowest BCUT2D eigenvalue weighted by molar-refractivity contribution is -0.164. The molecule has 0 fully saturated rings. The number of rotatable bonds is 12. The maximum Gasteiger partial charge on any atom is 0.347 e. The molecule has 1 N–H and O–H groups in total. The second kappa shape index (κ2) is 14.7. The molecule has 224 valence electrons. The van der Waals surface area contributed by atoms with Gasteiger partial charge < -0.3 is 19.5 Å². The molecule has 0 bridgehead atoms. The van der Waals surface area contributed by atoms with Gasteiger partial charge in [0.1, 0.15) is 17.0 Å². The Morgan fingerprint density at radius 3 is 1.83 bits per heavy atom. The zero-order chi connectivity index (χ0) is 30.8. The number of para-hydroxylation sites is 1. The van der Waals surface area contributed by atoms with Crippen LogP contribution in [0.1, 0.15) is 59.9 Å². The zero-order valence-corrected chi connectivity index (χ0v) is 25.5. The van der Waals surface area contributed by atoms with Crippen molar-refractivity contribution in [2.75, 3.05) is 6.54 Å². The van der Waals surface area contributed by atoms with E-state index in [9.17, 15) is 14.4 Å². The molecule has 0 saturated carbocycles. The van der Waals surface area contributed by atoms with Crippen LogP contribution in [0.4, 0.5) is 0 Å². The fraction of sp³-hybridized carbons (Fsp3) is 0.400. The summed E-state index contributed by atoms with van der Waals surface area (Å²) in [6.45, 7) is 10.9. The number of esters is 2. The van der Waals surface area contributed by atoms with Crippen molar-refractivity contribution in [2.45, 2.75) is 78.1 Å². The largest absolute Gasteiger partial charge is 0.479 e. The predicted molar refractivity (Wildman–Crippen MR) is 164 cm³/mol. The highest BCUT2D eigenvalue weighted by Crippen LogP contribution is 2.24. The molecule has 7 heteroatoms. The lowest BCUT2D eigenvalue weighted by Crippen LogP contribution is -2.41. The van der Waals surface area contributed by atoms with Crippen LogP contribution in [0, 0.1) is 5.92 Å². The lowest BCUT2D eigenvalue weighted by atomic mass is 9.91. The van der Waals surface area contributed by atoms with E-state index in [1.165, 1.54) is 0 Å². The fourth-order valence-electron chi connectivity index (χ4n) is 4.34. The standard InChI is InChI=1S/C35H43NO6/c1-34(2,3)41-31(37)21-22-36-32(38)28(23-25-17-19-27(20-18-25)26-13-9-7-10-14-26)24-30(33(39)42-35(4,5)6)40-29-15-11-8-12-16-29/h7-20,28,30H,21-24H2,1-6H3,(H,36,38)/t28-,30-/m1/s1. The van der Waals surface area contributed by atoms with E-state index in [1.807, 2.05) is 72.8 Å². The van der Waals surface area contributed by atoms with Gasteiger partial charge in [0, 0.05) is 18.9 Å².